The Morgan fingerprint density at radius 2 is 2.17 bits per heavy atom. The Hall–Kier alpha value is -1.51. The van der Waals surface area contributed by atoms with Crippen LogP contribution in [0.5, 0.6) is 5.75 Å². The minimum absolute atomic E-state index is 0.226. The summed E-state index contributed by atoms with van der Waals surface area (Å²) >= 11 is 0. The summed E-state index contributed by atoms with van der Waals surface area (Å²) in [5.41, 5.74) is 1.80. The van der Waals surface area contributed by atoms with E-state index in [0.717, 1.165) is 30.0 Å². The van der Waals surface area contributed by atoms with E-state index in [-0.39, 0.29) is 11.7 Å². The van der Waals surface area contributed by atoms with E-state index in [9.17, 15) is 4.79 Å². The fraction of sp³-hybridized carbons (Fsp3) is 0.533. The van der Waals surface area contributed by atoms with Gasteiger partial charge in [-0.2, -0.15) is 0 Å². The lowest BCUT2D eigenvalue weighted by Gasteiger charge is -2.20. The van der Waals surface area contributed by atoms with E-state index in [1.807, 2.05) is 25.2 Å². The number of carbonyl (C=O) groups is 1. The molecular weight excluding hydrogens is 226 g/mol. The van der Waals surface area contributed by atoms with Crippen LogP contribution in [0.1, 0.15) is 30.6 Å². The minimum atomic E-state index is 0.226. The number of ether oxygens (including phenoxy) is 1. The lowest BCUT2D eigenvalue weighted by atomic mass is 10.0. The monoisotopic (exact) mass is 247 g/mol. The maximum atomic E-state index is 12.2. The molecule has 1 aliphatic rings. The first-order valence-electron chi connectivity index (χ1n) is 6.51. The van der Waals surface area contributed by atoms with E-state index in [4.69, 9.17) is 4.74 Å². The molecule has 1 aromatic rings. The molecule has 0 aromatic heterocycles. The number of hydrogen-bond donors (Lipinski definition) is 0. The molecule has 1 aliphatic carbocycles. The summed E-state index contributed by atoms with van der Waals surface area (Å²) in [6, 6.07) is 5.76. The quantitative estimate of drug-likeness (QED) is 0.749. The van der Waals surface area contributed by atoms with Gasteiger partial charge in [-0.15, -0.1) is 0 Å². The highest BCUT2D eigenvalue weighted by molar-refractivity contribution is 6.00. The predicted octanol–water partition coefficient (Wildman–Crippen LogP) is 2.99. The van der Waals surface area contributed by atoms with Crippen molar-refractivity contribution in [2.75, 3.05) is 25.6 Å². The molecule has 0 saturated heterocycles. The van der Waals surface area contributed by atoms with Gasteiger partial charge in [0.2, 0.25) is 0 Å². The van der Waals surface area contributed by atoms with E-state index < -0.39 is 0 Å². The van der Waals surface area contributed by atoms with Crippen molar-refractivity contribution in [3.63, 3.8) is 0 Å². The Morgan fingerprint density at radius 3 is 2.67 bits per heavy atom. The Labute approximate surface area is 109 Å². The van der Waals surface area contributed by atoms with E-state index in [0.29, 0.717) is 5.92 Å². The summed E-state index contributed by atoms with van der Waals surface area (Å²) in [6.07, 6.45) is 1.03. The highest BCUT2D eigenvalue weighted by Gasteiger charge is 2.39. The molecule has 0 N–H and O–H groups in total. The third-order valence-electron chi connectivity index (χ3n) is 3.80. The van der Waals surface area contributed by atoms with Crippen molar-refractivity contribution in [3.05, 3.63) is 23.8 Å². The van der Waals surface area contributed by atoms with Gasteiger partial charge in [-0.3, -0.25) is 4.79 Å². The number of nitrogens with zero attached hydrogens (tertiary/aromatic N) is 1. The van der Waals surface area contributed by atoms with Crippen molar-refractivity contribution in [1.29, 1.82) is 0 Å². The third kappa shape index (κ3) is 2.35. The first kappa shape index (κ1) is 12.9. The molecule has 2 unspecified atom stereocenters. The van der Waals surface area contributed by atoms with Gasteiger partial charge in [0, 0.05) is 25.1 Å². The van der Waals surface area contributed by atoms with Crippen molar-refractivity contribution in [2.45, 2.75) is 20.3 Å². The topological polar surface area (TPSA) is 29.5 Å². The van der Waals surface area contributed by atoms with Gasteiger partial charge in [0.1, 0.15) is 5.75 Å². The van der Waals surface area contributed by atoms with E-state index in [1.54, 1.807) is 7.11 Å². The van der Waals surface area contributed by atoms with E-state index in [2.05, 4.69) is 18.7 Å². The molecule has 1 fully saturated rings. The average Bonchev–Trinajstić information content (AvgIpc) is 3.13. The third-order valence-corrected chi connectivity index (χ3v) is 3.80. The normalized spacial score (nSPS) is 21.6. The maximum absolute atomic E-state index is 12.2. The van der Waals surface area contributed by atoms with Crippen molar-refractivity contribution in [2.24, 2.45) is 11.8 Å². The molecule has 0 aliphatic heterocycles. The first-order chi connectivity index (χ1) is 8.58. The highest BCUT2D eigenvalue weighted by atomic mass is 16.5. The van der Waals surface area contributed by atoms with Gasteiger partial charge >= 0.3 is 0 Å². The van der Waals surface area contributed by atoms with Crippen LogP contribution in [0.15, 0.2) is 18.2 Å². The number of Topliss-reactive ketones (excluding diaryl/α,β-unsaturated/α-hetero) is 1. The predicted molar refractivity (Wildman–Crippen MR) is 73.5 cm³/mol. The standard InChI is InChI=1S/C15H21NO2/c1-5-16(3)13-7-6-11(9-14(13)18-4)15(17)12-8-10(12)2/h6-7,9-10,12H,5,8H2,1-4H3. The molecule has 3 heteroatoms. The van der Waals surface area contributed by atoms with E-state index >= 15 is 0 Å². The summed E-state index contributed by atoms with van der Waals surface area (Å²) < 4.78 is 5.39. The molecule has 0 bridgehead atoms. The summed E-state index contributed by atoms with van der Waals surface area (Å²) in [5.74, 6) is 1.80. The molecular formula is C15H21NO2. The van der Waals surface area contributed by atoms with Crippen LogP contribution >= 0.6 is 0 Å². The van der Waals surface area contributed by atoms with Crippen molar-refractivity contribution < 1.29 is 9.53 Å². The number of anilines is 1. The number of rotatable bonds is 5. The number of carbonyl (C=O) groups excluding carboxylic acids is 1. The van der Waals surface area contributed by atoms with Crippen LogP contribution in [-0.4, -0.2) is 26.5 Å². The van der Waals surface area contributed by atoms with Crippen LogP contribution in [0.3, 0.4) is 0 Å². The SMILES string of the molecule is CCN(C)c1ccc(C(=O)C2CC2C)cc1OC. The Balaban J connectivity index is 2.27. The number of ketones is 1. The average molecular weight is 247 g/mol. The molecule has 98 valence electrons. The van der Waals surface area contributed by atoms with Crippen molar-refractivity contribution in [3.8, 4) is 5.75 Å². The molecule has 0 radical (unpaired) electrons. The zero-order valence-corrected chi connectivity index (χ0v) is 11.6. The highest BCUT2D eigenvalue weighted by Crippen LogP contribution is 2.41. The molecule has 0 heterocycles. The molecule has 2 atom stereocenters. The lowest BCUT2D eigenvalue weighted by molar-refractivity contribution is 0.0962. The van der Waals surface area contributed by atoms with Crippen LogP contribution in [0.4, 0.5) is 5.69 Å². The van der Waals surface area contributed by atoms with Gasteiger partial charge in [-0.25, -0.2) is 0 Å². The van der Waals surface area contributed by atoms with Crippen LogP contribution in [0, 0.1) is 11.8 Å². The number of benzene rings is 1. The summed E-state index contributed by atoms with van der Waals surface area (Å²) in [4.78, 5) is 14.3. The molecule has 1 aromatic carbocycles. The smallest absolute Gasteiger partial charge is 0.166 e. The molecule has 2 rings (SSSR count). The van der Waals surface area contributed by atoms with Gasteiger partial charge in [0.05, 0.1) is 12.8 Å². The van der Waals surface area contributed by atoms with Crippen LogP contribution < -0.4 is 9.64 Å². The zero-order valence-electron chi connectivity index (χ0n) is 11.6. The minimum Gasteiger partial charge on any atom is -0.495 e. The van der Waals surface area contributed by atoms with Gasteiger partial charge in [-0.05, 0) is 37.5 Å². The Kier molecular flexibility index (Phi) is 3.60. The van der Waals surface area contributed by atoms with Gasteiger partial charge in [0.25, 0.3) is 0 Å². The number of hydrogen-bond acceptors (Lipinski definition) is 3. The van der Waals surface area contributed by atoms with Gasteiger partial charge in [0.15, 0.2) is 5.78 Å². The second-order valence-electron chi connectivity index (χ2n) is 5.08. The molecule has 0 amide bonds. The zero-order chi connectivity index (χ0) is 13.3. The van der Waals surface area contributed by atoms with Crippen LogP contribution in [0.25, 0.3) is 0 Å². The second kappa shape index (κ2) is 5.01. The van der Waals surface area contributed by atoms with Gasteiger partial charge < -0.3 is 9.64 Å². The van der Waals surface area contributed by atoms with Gasteiger partial charge in [-0.1, -0.05) is 6.92 Å². The molecule has 0 spiro atoms. The largest absolute Gasteiger partial charge is 0.495 e. The first-order valence-corrected chi connectivity index (χ1v) is 6.51. The van der Waals surface area contributed by atoms with Crippen LogP contribution in [-0.2, 0) is 0 Å². The van der Waals surface area contributed by atoms with Crippen LogP contribution in [0.2, 0.25) is 0 Å². The molecule has 1 saturated carbocycles. The van der Waals surface area contributed by atoms with Crippen molar-refractivity contribution >= 4 is 11.5 Å². The fourth-order valence-electron chi connectivity index (χ4n) is 2.22. The number of methoxy groups -OCH3 is 1. The van der Waals surface area contributed by atoms with E-state index in [1.165, 1.54) is 0 Å². The second-order valence-corrected chi connectivity index (χ2v) is 5.08. The molecule has 18 heavy (non-hydrogen) atoms. The fourth-order valence-corrected chi connectivity index (χ4v) is 2.22. The maximum Gasteiger partial charge on any atom is 0.166 e. The summed E-state index contributed by atoms with van der Waals surface area (Å²) in [6.45, 7) is 5.12. The summed E-state index contributed by atoms with van der Waals surface area (Å²) in [7, 11) is 3.67. The Bertz CT molecular complexity index is 456. The molecule has 3 nitrogen and oxygen atoms in total. The lowest BCUT2D eigenvalue weighted by Crippen LogP contribution is -2.17. The van der Waals surface area contributed by atoms with Crippen molar-refractivity contribution in [1.82, 2.24) is 0 Å². The summed E-state index contributed by atoms with van der Waals surface area (Å²) in [5, 5.41) is 0. The Morgan fingerprint density at radius 1 is 1.50 bits per heavy atom.